The average molecular weight is 874 g/mol. The molecule has 0 aliphatic carbocycles. The van der Waals surface area contributed by atoms with E-state index < -0.39 is 0 Å². The first-order chi connectivity index (χ1) is 30.3. The molecule has 2 amide bonds. The molecule has 0 fully saturated rings. The molecule has 0 spiro atoms. The zero-order valence-corrected chi connectivity index (χ0v) is 40.6. The molecule has 10 nitrogen and oxygen atoms in total. The molecule has 1 N–H and O–H groups in total. The number of nitrogens with zero attached hydrogens (tertiary/aromatic N) is 2. The third-order valence-electron chi connectivity index (χ3n) is 10.9. The predicted molar refractivity (Wildman–Crippen MR) is 258 cm³/mol. The van der Waals surface area contributed by atoms with Crippen molar-refractivity contribution in [3.8, 4) is 0 Å². The summed E-state index contributed by atoms with van der Waals surface area (Å²) >= 11 is 0. The highest BCUT2D eigenvalue weighted by molar-refractivity contribution is 5.96. The minimum absolute atomic E-state index is 0.207. The number of hydrogen-bond donors (Lipinski definition) is 1. The van der Waals surface area contributed by atoms with Gasteiger partial charge < -0.3 is 29.3 Å². The van der Waals surface area contributed by atoms with Crippen LogP contribution in [0.1, 0.15) is 206 Å². The lowest BCUT2D eigenvalue weighted by Crippen LogP contribution is -2.33. The van der Waals surface area contributed by atoms with Crippen LogP contribution < -0.4 is 5.32 Å². The van der Waals surface area contributed by atoms with Crippen molar-refractivity contribution in [2.45, 2.75) is 206 Å². The Kier molecular flexibility index (Phi) is 45.2. The number of rotatable bonds is 46. The van der Waals surface area contributed by atoms with Crippen LogP contribution in [0.5, 0.6) is 0 Å². The molecule has 0 aliphatic rings. The van der Waals surface area contributed by atoms with Crippen LogP contribution in [0.15, 0.2) is 36.5 Å². The summed E-state index contributed by atoms with van der Waals surface area (Å²) in [4.78, 5) is 53.8. The number of esters is 2. The topological polar surface area (TPSA) is 114 Å². The Hall–Kier alpha value is -2.98. The van der Waals surface area contributed by atoms with E-state index in [1.54, 1.807) is 4.90 Å². The number of carbonyl (C=O) groups is 4. The van der Waals surface area contributed by atoms with Crippen LogP contribution in [0.3, 0.4) is 0 Å². The highest BCUT2D eigenvalue weighted by Gasteiger charge is 2.13. The number of unbranched alkanes of at least 4 members (excludes halogenated alkanes) is 22. The summed E-state index contributed by atoms with van der Waals surface area (Å²) in [6.07, 6.45) is 45.0. The zero-order chi connectivity index (χ0) is 45.4. The van der Waals surface area contributed by atoms with Gasteiger partial charge in [-0.25, -0.2) is 0 Å². The van der Waals surface area contributed by atoms with Crippen LogP contribution in [-0.4, -0.2) is 100 Å². The van der Waals surface area contributed by atoms with Crippen LogP contribution in [0.2, 0.25) is 0 Å². The molecule has 0 aromatic rings. The Morgan fingerprint density at radius 2 is 0.855 bits per heavy atom. The fourth-order valence-corrected chi connectivity index (χ4v) is 6.95. The molecule has 0 rings (SSSR count). The lowest BCUT2D eigenvalue weighted by molar-refractivity contribution is -0.144. The molecule has 0 atom stereocenters. The molecule has 0 heterocycles. The number of ether oxygens (including phenoxy) is 3. The first-order valence-corrected chi connectivity index (χ1v) is 25.4. The van der Waals surface area contributed by atoms with Crippen molar-refractivity contribution in [2.24, 2.45) is 0 Å². The smallest absolute Gasteiger partial charge is 0.305 e. The molecule has 0 unspecified atom stereocenters. The summed E-state index contributed by atoms with van der Waals surface area (Å²) in [5.74, 6) is -1.10. The van der Waals surface area contributed by atoms with E-state index in [1.165, 1.54) is 128 Å². The summed E-state index contributed by atoms with van der Waals surface area (Å²) < 4.78 is 16.5. The summed E-state index contributed by atoms with van der Waals surface area (Å²) in [5.41, 5.74) is 0. The molecule has 0 aromatic carbocycles. The van der Waals surface area contributed by atoms with E-state index in [4.69, 9.17) is 14.2 Å². The maximum absolute atomic E-state index is 13.1. The number of amides is 2. The average Bonchev–Trinajstić information content (AvgIpc) is 3.25. The Labute approximate surface area is 380 Å². The van der Waals surface area contributed by atoms with Crippen molar-refractivity contribution in [2.75, 3.05) is 66.7 Å². The maximum atomic E-state index is 13.1. The molecule has 0 bridgehead atoms. The van der Waals surface area contributed by atoms with Gasteiger partial charge in [0.1, 0.15) is 0 Å². The minimum Gasteiger partial charge on any atom is -0.466 e. The Balaban J connectivity index is 4.40. The largest absolute Gasteiger partial charge is 0.466 e. The lowest BCUT2D eigenvalue weighted by Gasteiger charge is -2.21. The van der Waals surface area contributed by atoms with Gasteiger partial charge in [-0.2, -0.15) is 0 Å². The van der Waals surface area contributed by atoms with Crippen LogP contribution in [0.4, 0.5) is 0 Å². The van der Waals surface area contributed by atoms with E-state index in [2.05, 4.69) is 43.5 Å². The molecular formula is C52H95N3O7. The van der Waals surface area contributed by atoms with Crippen LogP contribution in [0, 0.1) is 0 Å². The summed E-state index contributed by atoms with van der Waals surface area (Å²) in [6.45, 7) is 7.77. The van der Waals surface area contributed by atoms with Crippen LogP contribution >= 0.6 is 0 Å². The van der Waals surface area contributed by atoms with E-state index in [9.17, 15) is 19.2 Å². The number of carbonyl (C=O) groups excluding carboxylic acids is 4. The van der Waals surface area contributed by atoms with Gasteiger partial charge in [0, 0.05) is 51.2 Å². The monoisotopic (exact) mass is 874 g/mol. The fourth-order valence-electron chi connectivity index (χ4n) is 6.95. The van der Waals surface area contributed by atoms with Gasteiger partial charge in [-0.3, -0.25) is 19.2 Å². The highest BCUT2D eigenvalue weighted by atomic mass is 16.5. The van der Waals surface area contributed by atoms with Gasteiger partial charge in [-0.1, -0.05) is 141 Å². The van der Waals surface area contributed by atoms with E-state index in [1.807, 2.05) is 19.0 Å². The van der Waals surface area contributed by atoms with E-state index in [-0.39, 0.29) is 37.0 Å². The molecule has 62 heavy (non-hydrogen) atoms. The van der Waals surface area contributed by atoms with Gasteiger partial charge in [0.25, 0.3) is 0 Å². The summed E-state index contributed by atoms with van der Waals surface area (Å²) in [6, 6.07) is 0. The van der Waals surface area contributed by atoms with Gasteiger partial charge in [0.05, 0.1) is 26.4 Å². The number of allylic oxidation sites excluding steroid dienone is 4. The number of hydrogen-bond acceptors (Lipinski definition) is 8. The second-order valence-electron chi connectivity index (χ2n) is 17.2. The van der Waals surface area contributed by atoms with Gasteiger partial charge in [-0.15, -0.1) is 0 Å². The van der Waals surface area contributed by atoms with Crippen LogP contribution in [-0.2, 0) is 33.4 Å². The molecule has 0 saturated carbocycles. The van der Waals surface area contributed by atoms with E-state index >= 15 is 0 Å². The second kappa shape index (κ2) is 47.5. The lowest BCUT2D eigenvalue weighted by atomic mass is 10.1. The molecule has 0 radical (unpaired) electrons. The number of nitrogens with one attached hydrogen (secondary N) is 1. The molecular weight excluding hydrogens is 779 g/mol. The van der Waals surface area contributed by atoms with Gasteiger partial charge in [0.15, 0.2) is 0 Å². The highest BCUT2D eigenvalue weighted by Crippen LogP contribution is 2.12. The third-order valence-corrected chi connectivity index (χ3v) is 10.9. The molecule has 10 heteroatoms. The molecule has 0 aliphatic heterocycles. The van der Waals surface area contributed by atoms with Gasteiger partial charge >= 0.3 is 11.9 Å². The minimum atomic E-state index is -0.372. The first kappa shape index (κ1) is 59.0. The maximum Gasteiger partial charge on any atom is 0.305 e. The zero-order valence-electron chi connectivity index (χ0n) is 40.6. The molecule has 360 valence electrons. The van der Waals surface area contributed by atoms with E-state index in [0.29, 0.717) is 58.5 Å². The van der Waals surface area contributed by atoms with Crippen molar-refractivity contribution in [3.63, 3.8) is 0 Å². The molecule has 0 saturated heterocycles. The number of likely N-dealkylation sites (N-methyl/N-ethyl adjacent to an activating group) is 1. The third kappa shape index (κ3) is 45.1. The van der Waals surface area contributed by atoms with Crippen molar-refractivity contribution in [3.05, 3.63) is 36.5 Å². The van der Waals surface area contributed by atoms with Gasteiger partial charge in [-0.05, 0) is 91.1 Å². The quantitative estimate of drug-likeness (QED) is 0.0278. The summed E-state index contributed by atoms with van der Waals surface area (Å²) in [5, 5.41) is 2.73. The normalized spacial score (nSPS) is 11.7. The predicted octanol–water partition coefficient (Wildman–Crippen LogP) is 12.0. The summed E-state index contributed by atoms with van der Waals surface area (Å²) in [7, 11) is 3.94. The van der Waals surface area contributed by atoms with Crippen molar-refractivity contribution in [1.82, 2.24) is 15.1 Å². The standard InChI is InChI=1S/C52H95N3O7/c1-5-7-9-11-13-15-17-19-21-23-25-27-29-31-33-37-51(58)61-45-35-42-55(50(57)40-39-49(56)53-41-47-60-48-44-54(3)4)43-36-46-62-52(59)38-34-32-30-28-26-24-22-20-18-16-14-12-10-8-6-2/h19-22,39-40H,5-18,23-38,41-48H2,1-4H3,(H,53,56)/b21-19+,22-20+,40-39?. The Morgan fingerprint density at radius 1 is 0.452 bits per heavy atom. The fraction of sp³-hybridized carbons (Fsp3) is 0.808. The SMILES string of the molecule is CCCCCCCC/C=C/CCCCCCCC(=O)OCCCN(CCCOC(=O)CCCCCCC/C=C/CCCCCCCC)C(=O)C=CC(=O)NCCOCCN(C)C. The Morgan fingerprint density at radius 3 is 1.27 bits per heavy atom. The molecule has 0 aromatic heterocycles. The van der Waals surface area contributed by atoms with E-state index in [0.717, 1.165) is 57.9 Å². The second-order valence-corrected chi connectivity index (χ2v) is 17.2. The van der Waals surface area contributed by atoms with Gasteiger partial charge in [0.2, 0.25) is 11.8 Å². The van der Waals surface area contributed by atoms with Crippen molar-refractivity contribution >= 4 is 23.8 Å². The van der Waals surface area contributed by atoms with Crippen molar-refractivity contribution < 1.29 is 33.4 Å². The Bertz CT molecular complexity index is 1080. The first-order valence-electron chi connectivity index (χ1n) is 25.4. The van der Waals surface area contributed by atoms with Crippen LogP contribution in [0.25, 0.3) is 0 Å². The van der Waals surface area contributed by atoms with Crippen molar-refractivity contribution in [1.29, 1.82) is 0 Å².